The summed E-state index contributed by atoms with van der Waals surface area (Å²) in [6.45, 7) is 6.21. The van der Waals surface area contributed by atoms with Crippen LogP contribution < -0.4 is 20.7 Å². The Labute approximate surface area is 227 Å². The number of nitrogens with one attached hydrogen (secondary N) is 3. The molecule has 3 aromatic heterocycles. The smallest absolute Gasteiger partial charge is 0.319 e. The monoisotopic (exact) mass is 530 g/mol. The lowest BCUT2D eigenvalue weighted by Crippen LogP contribution is -2.49. The van der Waals surface area contributed by atoms with Gasteiger partial charge in [0, 0.05) is 41.0 Å². The topological polar surface area (TPSA) is 138 Å². The number of aliphatic hydroxyl groups excluding tert-OH is 1. The summed E-state index contributed by atoms with van der Waals surface area (Å²) >= 11 is 0. The van der Waals surface area contributed by atoms with Gasteiger partial charge in [0.15, 0.2) is 0 Å². The Morgan fingerprint density at radius 2 is 1.87 bits per heavy atom. The number of rotatable bonds is 9. The van der Waals surface area contributed by atoms with Crippen LogP contribution in [0.15, 0.2) is 42.7 Å². The number of hydrogen-bond donors (Lipinski definition) is 4. The number of carbonyl (C=O) groups is 2. The van der Waals surface area contributed by atoms with Gasteiger partial charge in [0.05, 0.1) is 24.2 Å². The maximum absolute atomic E-state index is 12.6. The minimum atomic E-state index is -0.257. The molecule has 0 aliphatic heterocycles. The largest absolute Gasteiger partial charge is 0.475 e. The lowest BCUT2D eigenvalue weighted by molar-refractivity contribution is -0.117. The zero-order valence-electron chi connectivity index (χ0n) is 22.5. The maximum Gasteiger partial charge on any atom is 0.319 e. The van der Waals surface area contributed by atoms with Crippen molar-refractivity contribution in [1.29, 1.82) is 0 Å². The highest BCUT2D eigenvalue weighted by Gasteiger charge is 2.36. The molecule has 5 rings (SSSR count). The lowest BCUT2D eigenvalue weighted by Gasteiger charge is -2.42. The molecule has 0 atom stereocenters. The van der Waals surface area contributed by atoms with Gasteiger partial charge in [-0.15, -0.1) is 0 Å². The average Bonchev–Trinajstić information content (AvgIpc) is 3.73. The summed E-state index contributed by atoms with van der Waals surface area (Å²) in [5.74, 6) is 0.832. The summed E-state index contributed by atoms with van der Waals surface area (Å²) in [5.41, 5.74) is 4.52. The van der Waals surface area contributed by atoms with Crippen LogP contribution in [-0.2, 0) is 4.79 Å². The second kappa shape index (κ2) is 11.0. The third-order valence-electron chi connectivity index (χ3n) is 6.99. The van der Waals surface area contributed by atoms with Gasteiger partial charge in [-0.05, 0) is 67.9 Å². The van der Waals surface area contributed by atoms with Gasteiger partial charge < -0.3 is 25.8 Å². The number of aromatic nitrogens is 3. The van der Waals surface area contributed by atoms with E-state index in [4.69, 9.17) is 4.74 Å². The normalized spacial score (nSPS) is 16.2. The van der Waals surface area contributed by atoms with Crippen LogP contribution in [0.4, 0.5) is 16.3 Å². The molecule has 0 spiro atoms. The molecule has 0 aromatic carbocycles. The van der Waals surface area contributed by atoms with Gasteiger partial charge in [-0.3, -0.25) is 9.78 Å². The SMILES string of the molecule is Cc1ncc(NC(=O)NC2CC(C)(C)C2)cc1-c1cc(OCCO)nc(-c2ccnc(NC(=O)C3CC3)c2)c1. The fraction of sp³-hybridized carbons (Fsp3) is 0.414. The Bertz CT molecular complexity index is 1380. The van der Waals surface area contributed by atoms with Crippen LogP contribution in [0.25, 0.3) is 22.4 Å². The molecule has 2 aliphatic carbocycles. The zero-order chi connectivity index (χ0) is 27.6. The van der Waals surface area contributed by atoms with E-state index in [0.717, 1.165) is 48.1 Å². The van der Waals surface area contributed by atoms with E-state index in [0.29, 0.717) is 23.1 Å². The third-order valence-corrected chi connectivity index (χ3v) is 6.99. The standard InChI is InChI=1S/C29H34N6O4/c1-17-23(13-21(16-31-17)32-28(38)33-22-14-29(2,3)15-22)20-10-24(34-26(12-20)39-9-8-36)19-6-7-30-25(11-19)35-27(37)18-4-5-18/h6-7,10-13,16,18,22,36H,4-5,8-9,14-15H2,1-3H3,(H,30,35,37)(H2,32,33,38). The summed E-state index contributed by atoms with van der Waals surface area (Å²) in [4.78, 5) is 38.2. The number of anilines is 2. The molecule has 39 heavy (non-hydrogen) atoms. The van der Waals surface area contributed by atoms with E-state index in [1.54, 1.807) is 24.5 Å². The van der Waals surface area contributed by atoms with Crippen molar-refractivity contribution in [2.75, 3.05) is 23.8 Å². The maximum atomic E-state index is 12.6. The van der Waals surface area contributed by atoms with Crippen LogP contribution in [0, 0.1) is 18.3 Å². The first kappa shape index (κ1) is 26.6. The van der Waals surface area contributed by atoms with Crippen LogP contribution in [0.3, 0.4) is 0 Å². The van der Waals surface area contributed by atoms with E-state index in [2.05, 4.69) is 44.7 Å². The summed E-state index contributed by atoms with van der Waals surface area (Å²) in [7, 11) is 0. The Kier molecular flexibility index (Phi) is 7.47. The van der Waals surface area contributed by atoms with Crippen molar-refractivity contribution in [2.24, 2.45) is 11.3 Å². The van der Waals surface area contributed by atoms with E-state index in [-0.39, 0.29) is 42.5 Å². The van der Waals surface area contributed by atoms with Crippen molar-refractivity contribution in [3.63, 3.8) is 0 Å². The van der Waals surface area contributed by atoms with E-state index in [1.807, 2.05) is 25.1 Å². The minimum absolute atomic E-state index is 0.0237. The molecule has 2 aliphatic rings. The average molecular weight is 531 g/mol. The number of pyridine rings is 3. The van der Waals surface area contributed by atoms with E-state index < -0.39 is 0 Å². The molecule has 0 saturated heterocycles. The van der Waals surface area contributed by atoms with Crippen LogP contribution in [0.5, 0.6) is 5.88 Å². The Balaban J connectivity index is 1.41. The molecule has 3 amide bonds. The molecule has 3 heterocycles. The quantitative estimate of drug-likeness (QED) is 0.318. The molecule has 4 N–H and O–H groups in total. The van der Waals surface area contributed by atoms with Gasteiger partial charge in [-0.25, -0.2) is 14.8 Å². The molecule has 0 radical (unpaired) electrons. The zero-order valence-corrected chi connectivity index (χ0v) is 22.5. The summed E-state index contributed by atoms with van der Waals surface area (Å²) in [5, 5.41) is 18.1. The number of nitrogens with zero attached hydrogens (tertiary/aromatic N) is 3. The van der Waals surface area contributed by atoms with Crippen molar-refractivity contribution in [3.8, 4) is 28.3 Å². The Hall–Kier alpha value is -4.05. The van der Waals surface area contributed by atoms with Crippen LogP contribution in [-0.4, -0.2) is 51.3 Å². The van der Waals surface area contributed by atoms with Gasteiger partial charge in [-0.1, -0.05) is 13.8 Å². The molecule has 10 heteroatoms. The summed E-state index contributed by atoms with van der Waals surface area (Å²) in [6.07, 6.45) is 6.97. The number of aliphatic hydroxyl groups is 1. The highest BCUT2D eigenvalue weighted by molar-refractivity contribution is 5.94. The van der Waals surface area contributed by atoms with E-state index >= 15 is 0 Å². The first-order valence-corrected chi connectivity index (χ1v) is 13.3. The summed E-state index contributed by atoms with van der Waals surface area (Å²) in [6, 6.07) is 9.05. The second-order valence-corrected chi connectivity index (χ2v) is 11.1. The Morgan fingerprint density at radius 1 is 1.08 bits per heavy atom. The highest BCUT2D eigenvalue weighted by atomic mass is 16.5. The predicted molar refractivity (Wildman–Crippen MR) is 148 cm³/mol. The van der Waals surface area contributed by atoms with E-state index in [9.17, 15) is 14.7 Å². The minimum Gasteiger partial charge on any atom is -0.475 e. The molecule has 3 aromatic rings. The number of hydrogen-bond acceptors (Lipinski definition) is 7. The molecule has 0 bridgehead atoms. The van der Waals surface area contributed by atoms with Crippen molar-refractivity contribution < 1.29 is 19.4 Å². The molecular weight excluding hydrogens is 496 g/mol. The number of aryl methyl sites for hydroxylation is 1. The van der Waals surface area contributed by atoms with Crippen molar-refractivity contribution in [3.05, 3.63) is 48.4 Å². The fourth-order valence-electron chi connectivity index (χ4n) is 4.89. The molecular formula is C29H34N6O4. The number of urea groups is 1. The summed E-state index contributed by atoms with van der Waals surface area (Å²) < 4.78 is 5.68. The molecule has 2 fully saturated rings. The molecule has 10 nitrogen and oxygen atoms in total. The number of amides is 3. The van der Waals surface area contributed by atoms with Gasteiger partial charge in [-0.2, -0.15) is 0 Å². The Morgan fingerprint density at radius 3 is 2.59 bits per heavy atom. The first-order valence-electron chi connectivity index (χ1n) is 13.3. The number of ether oxygens (including phenoxy) is 1. The van der Waals surface area contributed by atoms with E-state index in [1.165, 1.54) is 0 Å². The first-order chi connectivity index (χ1) is 18.7. The number of carbonyl (C=O) groups excluding carboxylic acids is 2. The second-order valence-electron chi connectivity index (χ2n) is 11.1. The van der Waals surface area contributed by atoms with Crippen molar-refractivity contribution in [2.45, 2.75) is 52.5 Å². The van der Waals surface area contributed by atoms with Crippen LogP contribution in [0.1, 0.15) is 45.2 Å². The van der Waals surface area contributed by atoms with Gasteiger partial charge in [0.1, 0.15) is 12.4 Å². The van der Waals surface area contributed by atoms with Gasteiger partial charge >= 0.3 is 6.03 Å². The van der Waals surface area contributed by atoms with Crippen LogP contribution >= 0.6 is 0 Å². The fourth-order valence-corrected chi connectivity index (χ4v) is 4.89. The highest BCUT2D eigenvalue weighted by Crippen LogP contribution is 2.40. The molecule has 204 valence electrons. The molecule has 2 saturated carbocycles. The van der Waals surface area contributed by atoms with Gasteiger partial charge in [0.25, 0.3) is 0 Å². The third kappa shape index (κ3) is 6.69. The van der Waals surface area contributed by atoms with Crippen LogP contribution in [0.2, 0.25) is 0 Å². The van der Waals surface area contributed by atoms with Crippen molar-refractivity contribution in [1.82, 2.24) is 20.3 Å². The lowest BCUT2D eigenvalue weighted by atomic mass is 9.68. The van der Waals surface area contributed by atoms with Gasteiger partial charge in [0.2, 0.25) is 11.8 Å². The predicted octanol–water partition coefficient (Wildman–Crippen LogP) is 4.54. The molecule has 0 unspecified atom stereocenters. The van der Waals surface area contributed by atoms with Crippen molar-refractivity contribution >= 4 is 23.4 Å².